The zero-order valence-corrected chi connectivity index (χ0v) is 23.2. The number of carbonyl (C=O) groups excluding carboxylic acids is 2. The van der Waals surface area contributed by atoms with Gasteiger partial charge in [-0.05, 0) is 75.3 Å². The molecule has 2 amide bonds. The van der Waals surface area contributed by atoms with Crippen molar-refractivity contribution in [3.8, 4) is 0 Å². The second-order valence-corrected chi connectivity index (χ2v) is 11.1. The molecule has 0 radical (unpaired) electrons. The van der Waals surface area contributed by atoms with Crippen LogP contribution in [0.5, 0.6) is 0 Å². The number of fused-ring (bicyclic) bond motifs is 2. The number of hydrogen-bond acceptors (Lipinski definition) is 5. The van der Waals surface area contributed by atoms with Crippen molar-refractivity contribution in [2.24, 2.45) is 5.73 Å². The van der Waals surface area contributed by atoms with Crippen LogP contribution in [0.4, 0.5) is 22.0 Å². The Hall–Kier alpha value is -3.58. The van der Waals surface area contributed by atoms with Crippen LogP contribution in [0.1, 0.15) is 66.9 Å². The molecule has 230 valence electrons. The molecule has 2 fully saturated rings. The lowest BCUT2D eigenvalue weighted by molar-refractivity contribution is -0.192. The van der Waals surface area contributed by atoms with E-state index >= 15 is 0 Å². The van der Waals surface area contributed by atoms with E-state index < -0.39 is 41.2 Å². The van der Waals surface area contributed by atoms with Crippen LogP contribution in [0.3, 0.4) is 0 Å². The highest BCUT2D eigenvalue weighted by atomic mass is 19.4. The number of carboxylic acid groups (broad SMARTS) is 1. The van der Waals surface area contributed by atoms with E-state index in [1.54, 1.807) is 6.07 Å². The Kier molecular flexibility index (Phi) is 10.3. The van der Waals surface area contributed by atoms with E-state index in [1.165, 1.54) is 36.9 Å². The Balaban J connectivity index is 0.000000616. The standard InChI is InChI=1S/C27H33F2N3O3.C2HF3O2/c1-27(2,35)26(34)31(16-22-23(28)7-4-8-24(22)29)11-12-32-20-9-10-21(32)15-19(14-20)17-5-3-6-18(13-17)25(30)33;3-2(4,5)1(6)7/h3-8,13,19-21,35H,9-12,14-16H2,1-2H3,(H2,30,33);(H,6,7)/t19?,20-,21+;. The number of aliphatic hydroxyl groups is 1. The van der Waals surface area contributed by atoms with Gasteiger partial charge >= 0.3 is 12.1 Å². The smallest absolute Gasteiger partial charge is 0.475 e. The third kappa shape index (κ3) is 8.25. The van der Waals surface area contributed by atoms with E-state index in [9.17, 15) is 36.6 Å². The van der Waals surface area contributed by atoms with E-state index in [4.69, 9.17) is 15.6 Å². The van der Waals surface area contributed by atoms with E-state index in [0.29, 0.717) is 30.1 Å². The molecule has 4 rings (SSSR count). The fourth-order valence-corrected chi connectivity index (χ4v) is 5.61. The highest BCUT2D eigenvalue weighted by Gasteiger charge is 2.42. The molecule has 8 nitrogen and oxygen atoms in total. The molecule has 13 heteroatoms. The van der Waals surface area contributed by atoms with Crippen LogP contribution >= 0.6 is 0 Å². The molecule has 42 heavy (non-hydrogen) atoms. The number of alkyl halides is 3. The molecule has 1 unspecified atom stereocenters. The van der Waals surface area contributed by atoms with Gasteiger partial charge < -0.3 is 20.8 Å². The zero-order chi connectivity index (χ0) is 31.4. The summed E-state index contributed by atoms with van der Waals surface area (Å²) in [7, 11) is 0. The summed E-state index contributed by atoms with van der Waals surface area (Å²) >= 11 is 0. The molecule has 2 aromatic rings. The van der Waals surface area contributed by atoms with Crippen LogP contribution in [0.2, 0.25) is 0 Å². The molecule has 0 aromatic heterocycles. The number of carbonyl (C=O) groups is 3. The number of benzene rings is 2. The van der Waals surface area contributed by atoms with E-state index in [2.05, 4.69) is 4.90 Å². The van der Waals surface area contributed by atoms with Gasteiger partial charge in [0.15, 0.2) is 0 Å². The molecule has 0 spiro atoms. The second-order valence-electron chi connectivity index (χ2n) is 11.1. The van der Waals surface area contributed by atoms with Gasteiger partial charge in [-0.1, -0.05) is 18.2 Å². The number of rotatable bonds is 8. The SMILES string of the molecule is CC(C)(O)C(=O)N(CCN1[C@@H]2CC[C@H]1CC(c1cccc(C(N)=O)c1)C2)Cc1c(F)cccc1F.O=C(O)C(F)(F)F. The molecule has 4 N–H and O–H groups in total. The van der Waals surface area contributed by atoms with Crippen molar-refractivity contribution in [2.45, 2.75) is 75.9 Å². The van der Waals surface area contributed by atoms with Gasteiger partial charge in [0.25, 0.3) is 5.91 Å². The highest BCUT2D eigenvalue weighted by Crippen LogP contribution is 2.43. The number of hydrogen-bond donors (Lipinski definition) is 3. The summed E-state index contributed by atoms with van der Waals surface area (Å²) in [6.45, 7) is 3.34. The minimum absolute atomic E-state index is 0.180. The van der Waals surface area contributed by atoms with Crippen LogP contribution in [0.25, 0.3) is 0 Å². The van der Waals surface area contributed by atoms with Crippen molar-refractivity contribution < 1.29 is 46.5 Å². The highest BCUT2D eigenvalue weighted by molar-refractivity contribution is 5.92. The number of amides is 2. The van der Waals surface area contributed by atoms with Gasteiger partial charge in [-0.2, -0.15) is 13.2 Å². The predicted octanol–water partition coefficient (Wildman–Crippen LogP) is 4.21. The zero-order valence-electron chi connectivity index (χ0n) is 23.2. The van der Waals surface area contributed by atoms with Crippen LogP contribution in [0, 0.1) is 11.6 Å². The number of nitrogens with zero attached hydrogens (tertiary/aromatic N) is 2. The Morgan fingerprint density at radius 1 is 1.00 bits per heavy atom. The van der Waals surface area contributed by atoms with Gasteiger partial charge in [0.2, 0.25) is 5.91 Å². The molecular formula is C29H34F5N3O5. The molecule has 2 heterocycles. The quantitative estimate of drug-likeness (QED) is 0.391. The molecule has 2 aromatic carbocycles. The lowest BCUT2D eigenvalue weighted by atomic mass is 9.84. The van der Waals surface area contributed by atoms with Crippen LogP contribution < -0.4 is 5.73 Å². The van der Waals surface area contributed by atoms with E-state index in [-0.39, 0.29) is 18.7 Å². The second kappa shape index (κ2) is 13.2. The Morgan fingerprint density at radius 3 is 2.00 bits per heavy atom. The number of nitrogens with two attached hydrogens (primary N) is 1. The summed E-state index contributed by atoms with van der Waals surface area (Å²) in [4.78, 5) is 37.2. The van der Waals surface area contributed by atoms with Crippen molar-refractivity contribution in [1.82, 2.24) is 9.80 Å². The average molecular weight is 600 g/mol. The van der Waals surface area contributed by atoms with Crippen molar-refractivity contribution in [1.29, 1.82) is 0 Å². The van der Waals surface area contributed by atoms with Crippen LogP contribution in [0.15, 0.2) is 42.5 Å². The minimum Gasteiger partial charge on any atom is -0.475 e. The summed E-state index contributed by atoms with van der Waals surface area (Å²) in [5.74, 6) is -4.85. The summed E-state index contributed by atoms with van der Waals surface area (Å²) < 4.78 is 60.3. The lowest BCUT2D eigenvalue weighted by Gasteiger charge is -2.40. The van der Waals surface area contributed by atoms with E-state index in [1.807, 2.05) is 18.2 Å². The van der Waals surface area contributed by atoms with Crippen molar-refractivity contribution >= 4 is 17.8 Å². The summed E-state index contributed by atoms with van der Waals surface area (Å²) in [5.41, 5.74) is 5.25. The topological polar surface area (TPSA) is 124 Å². The molecule has 3 atom stereocenters. The van der Waals surface area contributed by atoms with Crippen molar-refractivity contribution in [2.75, 3.05) is 13.1 Å². The summed E-state index contributed by atoms with van der Waals surface area (Å²) in [5, 5.41) is 17.4. The summed E-state index contributed by atoms with van der Waals surface area (Å²) in [6, 6.07) is 11.8. The predicted molar refractivity (Wildman–Crippen MR) is 142 cm³/mol. The molecular weight excluding hydrogens is 565 g/mol. The number of piperidine rings is 1. The van der Waals surface area contributed by atoms with E-state index in [0.717, 1.165) is 31.2 Å². The number of halogens is 5. The maximum absolute atomic E-state index is 14.3. The number of primary amides is 1. The Morgan fingerprint density at radius 2 is 1.52 bits per heavy atom. The normalized spacial score (nSPS) is 20.4. The maximum Gasteiger partial charge on any atom is 0.490 e. The molecule has 0 saturated carbocycles. The van der Waals surface area contributed by atoms with Gasteiger partial charge in [-0.3, -0.25) is 14.5 Å². The first-order chi connectivity index (χ1) is 19.5. The van der Waals surface area contributed by atoms with Crippen LogP contribution in [-0.4, -0.2) is 74.7 Å². The third-order valence-corrected chi connectivity index (χ3v) is 7.62. The minimum atomic E-state index is -5.08. The molecule has 2 saturated heterocycles. The Labute approximate surface area is 239 Å². The Bertz CT molecular complexity index is 1260. The first-order valence-corrected chi connectivity index (χ1v) is 13.4. The van der Waals surface area contributed by atoms with Crippen molar-refractivity contribution in [3.63, 3.8) is 0 Å². The first kappa shape index (κ1) is 32.9. The average Bonchev–Trinajstić information content (AvgIpc) is 3.13. The third-order valence-electron chi connectivity index (χ3n) is 7.62. The maximum atomic E-state index is 14.3. The fraction of sp³-hybridized carbons (Fsp3) is 0.483. The molecule has 2 aliphatic rings. The fourth-order valence-electron chi connectivity index (χ4n) is 5.61. The largest absolute Gasteiger partial charge is 0.490 e. The molecule has 2 aliphatic heterocycles. The van der Waals surface area contributed by atoms with Gasteiger partial charge in [0.1, 0.15) is 17.2 Å². The van der Waals surface area contributed by atoms with Gasteiger partial charge in [-0.15, -0.1) is 0 Å². The number of aliphatic carboxylic acids is 1. The van der Waals surface area contributed by atoms with Crippen LogP contribution in [-0.2, 0) is 16.1 Å². The molecule has 2 bridgehead atoms. The van der Waals surface area contributed by atoms with Gasteiger partial charge in [0, 0.05) is 36.3 Å². The number of carboxylic acids is 1. The monoisotopic (exact) mass is 599 g/mol. The van der Waals surface area contributed by atoms with Gasteiger partial charge in [0.05, 0.1) is 6.54 Å². The lowest BCUT2D eigenvalue weighted by Crippen LogP contribution is -2.50. The molecule has 0 aliphatic carbocycles. The first-order valence-electron chi connectivity index (χ1n) is 13.4. The van der Waals surface area contributed by atoms with Gasteiger partial charge in [-0.25, -0.2) is 13.6 Å². The summed E-state index contributed by atoms with van der Waals surface area (Å²) in [6.07, 6.45) is -1.14. The van der Waals surface area contributed by atoms with Crippen molar-refractivity contribution in [3.05, 3.63) is 70.8 Å².